The van der Waals surface area contributed by atoms with Gasteiger partial charge in [-0.2, -0.15) is 0 Å². The predicted octanol–water partition coefficient (Wildman–Crippen LogP) is 3.06. The molecule has 4 heteroatoms. The van der Waals surface area contributed by atoms with Gasteiger partial charge in [0.25, 0.3) is 0 Å². The van der Waals surface area contributed by atoms with Crippen molar-refractivity contribution in [1.82, 2.24) is 4.90 Å². The Hall–Kier alpha value is -0.120. The third-order valence-electron chi connectivity index (χ3n) is 2.43. The summed E-state index contributed by atoms with van der Waals surface area (Å²) in [6, 6.07) is 5.36. The van der Waals surface area contributed by atoms with E-state index in [9.17, 15) is 4.39 Å². The van der Waals surface area contributed by atoms with E-state index in [0.29, 0.717) is 23.2 Å². The van der Waals surface area contributed by atoms with Crippen molar-refractivity contribution in [2.24, 2.45) is 0 Å². The molecule has 1 fully saturated rings. The van der Waals surface area contributed by atoms with Crippen molar-refractivity contribution in [3.8, 4) is 0 Å². The van der Waals surface area contributed by atoms with Crippen LogP contribution in [0.4, 0.5) is 4.39 Å². The number of hydrogen-bond donors (Lipinski definition) is 0. The summed E-state index contributed by atoms with van der Waals surface area (Å²) in [5, 5.41) is 1.46. The first-order valence-corrected chi connectivity index (χ1v) is 5.95. The topological polar surface area (TPSA) is 3.01 Å². The Labute approximate surface area is 96.0 Å². The third-order valence-corrected chi connectivity index (χ3v) is 3.53. The molecule has 0 aromatic heterocycles. The molecule has 0 bridgehead atoms. The largest absolute Gasteiger partial charge is 0.292 e. The molecule has 1 aromatic rings. The summed E-state index contributed by atoms with van der Waals surface area (Å²) in [5.41, 5.74) is 0.609. The normalized spacial score (nSPS) is 25.1. The van der Waals surface area contributed by atoms with Crippen LogP contribution in [-0.4, -0.2) is 22.8 Å². The van der Waals surface area contributed by atoms with Crippen LogP contribution in [0.25, 0.3) is 0 Å². The first-order valence-electron chi connectivity index (χ1n) is 4.45. The molecule has 1 saturated heterocycles. The molecule has 0 radical (unpaired) electrons. The number of halogens is 3. The summed E-state index contributed by atoms with van der Waals surface area (Å²) < 4.78 is 13.3. The average molecular weight is 279 g/mol. The van der Waals surface area contributed by atoms with E-state index in [1.54, 1.807) is 12.1 Å². The molecular formula is C10H10BrClFN. The van der Waals surface area contributed by atoms with Gasteiger partial charge in [-0.25, -0.2) is 4.39 Å². The first kappa shape index (κ1) is 10.4. The number of benzene rings is 1. The number of nitrogens with zero attached hydrogens (tertiary/aromatic N) is 1. The van der Waals surface area contributed by atoms with Crippen molar-refractivity contribution >= 4 is 27.5 Å². The van der Waals surface area contributed by atoms with Crippen molar-refractivity contribution in [2.45, 2.75) is 12.6 Å². The van der Waals surface area contributed by atoms with Gasteiger partial charge in [-0.05, 0) is 12.1 Å². The smallest absolute Gasteiger partial charge is 0.129 e. The highest BCUT2D eigenvalue weighted by Gasteiger charge is 2.33. The highest BCUT2D eigenvalue weighted by atomic mass is 79.9. The number of rotatable bonds is 3. The van der Waals surface area contributed by atoms with Crippen molar-refractivity contribution in [3.05, 3.63) is 34.6 Å². The highest BCUT2D eigenvalue weighted by molar-refractivity contribution is 9.09. The molecule has 0 N–H and O–H groups in total. The summed E-state index contributed by atoms with van der Waals surface area (Å²) in [4.78, 5) is 2.18. The van der Waals surface area contributed by atoms with Gasteiger partial charge in [-0.1, -0.05) is 33.6 Å². The van der Waals surface area contributed by atoms with E-state index in [1.807, 2.05) is 0 Å². The molecule has 1 aromatic carbocycles. The van der Waals surface area contributed by atoms with Crippen LogP contribution in [0.1, 0.15) is 5.56 Å². The molecule has 2 unspecified atom stereocenters. The molecule has 1 aliphatic rings. The lowest BCUT2D eigenvalue weighted by Gasteiger charge is -2.06. The van der Waals surface area contributed by atoms with Gasteiger partial charge >= 0.3 is 0 Å². The van der Waals surface area contributed by atoms with E-state index >= 15 is 0 Å². The Kier molecular flexibility index (Phi) is 3.10. The molecule has 2 atom stereocenters. The fourth-order valence-electron chi connectivity index (χ4n) is 1.45. The van der Waals surface area contributed by atoms with Crippen molar-refractivity contribution in [3.63, 3.8) is 0 Å². The molecule has 1 aliphatic heterocycles. The minimum Gasteiger partial charge on any atom is -0.292 e. The lowest BCUT2D eigenvalue weighted by Crippen LogP contribution is -2.05. The van der Waals surface area contributed by atoms with Crippen LogP contribution in [0.15, 0.2) is 18.2 Å². The summed E-state index contributed by atoms with van der Waals surface area (Å²) >= 11 is 9.31. The lowest BCUT2D eigenvalue weighted by atomic mass is 10.2. The average Bonchev–Trinajstić information content (AvgIpc) is 2.90. The standard InChI is InChI=1S/C10H10BrClFN/c11-4-7-5-14(7)6-8-9(12)2-1-3-10(8)13/h1-3,7H,4-6H2. The second kappa shape index (κ2) is 4.17. The van der Waals surface area contributed by atoms with Gasteiger partial charge in [-0.15, -0.1) is 0 Å². The second-order valence-electron chi connectivity index (χ2n) is 3.44. The quantitative estimate of drug-likeness (QED) is 0.607. The molecule has 2 rings (SSSR count). The van der Waals surface area contributed by atoms with Gasteiger partial charge in [0.1, 0.15) is 5.82 Å². The summed E-state index contributed by atoms with van der Waals surface area (Å²) in [6.07, 6.45) is 0. The molecule has 1 nitrogen and oxygen atoms in total. The van der Waals surface area contributed by atoms with E-state index in [0.717, 1.165) is 11.9 Å². The molecule has 0 saturated carbocycles. The molecule has 14 heavy (non-hydrogen) atoms. The van der Waals surface area contributed by atoms with Crippen LogP contribution in [-0.2, 0) is 6.54 Å². The Bertz CT molecular complexity index is 325. The van der Waals surface area contributed by atoms with E-state index in [-0.39, 0.29) is 5.82 Å². The maximum atomic E-state index is 13.3. The van der Waals surface area contributed by atoms with E-state index in [2.05, 4.69) is 20.8 Å². The van der Waals surface area contributed by atoms with Crippen molar-refractivity contribution in [2.75, 3.05) is 11.9 Å². The first-order chi connectivity index (χ1) is 6.72. The Balaban J connectivity index is 2.09. The third kappa shape index (κ3) is 2.10. The molecular weight excluding hydrogens is 268 g/mol. The molecule has 0 amide bonds. The van der Waals surface area contributed by atoms with E-state index < -0.39 is 0 Å². The summed E-state index contributed by atoms with van der Waals surface area (Å²) in [6.45, 7) is 1.64. The Morgan fingerprint density at radius 3 is 2.93 bits per heavy atom. The van der Waals surface area contributed by atoms with Gasteiger partial charge in [0, 0.05) is 35.0 Å². The maximum absolute atomic E-state index is 13.3. The Morgan fingerprint density at radius 1 is 1.57 bits per heavy atom. The van der Waals surface area contributed by atoms with Gasteiger partial charge in [-0.3, -0.25) is 4.90 Å². The second-order valence-corrected chi connectivity index (χ2v) is 4.49. The summed E-state index contributed by atoms with van der Waals surface area (Å²) in [7, 11) is 0. The van der Waals surface area contributed by atoms with Gasteiger partial charge in [0.15, 0.2) is 0 Å². The maximum Gasteiger partial charge on any atom is 0.129 e. The lowest BCUT2D eigenvalue weighted by molar-refractivity contribution is 0.494. The number of hydrogen-bond acceptors (Lipinski definition) is 1. The van der Waals surface area contributed by atoms with Gasteiger partial charge in [0.2, 0.25) is 0 Å². The van der Waals surface area contributed by atoms with E-state index in [1.165, 1.54) is 6.07 Å². The summed E-state index contributed by atoms with van der Waals surface area (Å²) in [5.74, 6) is -0.210. The van der Waals surface area contributed by atoms with Crippen LogP contribution < -0.4 is 0 Å². The van der Waals surface area contributed by atoms with Crippen molar-refractivity contribution in [1.29, 1.82) is 0 Å². The zero-order valence-corrected chi connectivity index (χ0v) is 9.85. The molecule has 0 spiro atoms. The van der Waals surface area contributed by atoms with Crippen LogP contribution in [0.5, 0.6) is 0 Å². The fourth-order valence-corrected chi connectivity index (χ4v) is 2.29. The van der Waals surface area contributed by atoms with E-state index in [4.69, 9.17) is 11.6 Å². The van der Waals surface area contributed by atoms with Crippen LogP contribution in [0.2, 0.25) is 5.02 Å². The van der Waals surface area contributed by atoms with Crippen LogP contribution >= 0.6 is 27.5 Å². The van der Waals surface area contributed by atoms with Crippen LogP contribution in [0.3, 0.4) is 0 Å². The highest BCUT2D eigenvalue weighted by Crippen LogP contribution is 2.27. The zero-order valence-electron chi connectivity index (χ0n) is 7.51. The predicted molar refractivity (Wildman–Crippen MR) is 59.4 cm³/mol. The minimum absolute atomic E-state index is 0.210. The van der Waals surface area contributed by atoms with Crippen molar-refractivity contribution < 1.29 is 4.39 Å². The van der Waals surface area contributed by atoms with Gasteiger partial charge < -0.3 is 0 Å². The minimum atomic E-state index is -0.210. The molecule has 0 aliphatic carbocycles. The number of alkyl halides is 1. The molecule has 76 valence electrons. The fraction of sp³-hybridized carbons (Fsp3) is 0.400. The SMILES string of the molecule is Fc1cccc(Cl)c1CN1CC1CBr. The zero-order chi connectivity index (χ0) is 10.1. The molecule has 1 heterocycles. The monoisotopic (exact) mass is 277 g/mol. The Morgan fingerprint density at radius 2 is 2.36 bits per heavy atom. The van der Waals surface area contributed by atoms with Crippen LogP contribution in [0, 0.1) is 5.82 Å². The van der Waals surface area contributed by atoms with Gasteiger partial charge in [0.05, 0.1) is 0 Å².